The molecule has 0 aliphatic carbocycles. The lowest BCUT2D eigenvalue weighted by Crippen LogP contribution is -2.46. The van der Waals surface area contributed by atoms with Crippen molar-refractivity contribution >= 4 is 12.0 Å². The van der Waals surface area contributed by atoms with Crippen LogP contribution in [-0.4, -0.2) is 48.7 Å². The molecule has 1 saturated heterocycles. The Kier molecular flexibility index (Phi) is 6.40. The molecule has 1 heterocycles. The van der Waals surface area contributed by atoms with Crippen LogP contribution >= 0.6 is 0 Å². The van der Waals surface area contributed by atoms with Gasteiger partial charge in [-0.15, -0.1) is 0 Å². The van der Waals surface area contributed by atoms with E-state index in [-0.39, 0.29) is 31.1 Å². The third-order valence-electron chi connectivity index (χ3n) is 4.10. The Bertz CT molecular complexity index is 521. The summed E-state index contributed by atoms with van der Waals surface area (Å²) in [6.07, 6.45) is 2.66. The fourth-order valence-electron chi connectivity index (χ4n) is 2.69. The quantitative estimate of drug-likeness (QED) is 0.783. The van der Waals surface area contributed by atoms with Gasteiger partial charge >= 0.3 is 6.09 Å². The lowest BCUT2D eigenvalue weighted by Gasteiger charge is -2.35. The summed E-state index contributed by atoms with van der Waals surface area (Å²) in [7, 11) is 3.02. The van der Waals surface area contributed by atoms with Gasteiger partial charge in [0, 0.05) is 26.1 Å². The largest absolute Gasteiger partial charge is 0.445 e. The number of amides is 2. The molecule has 1 aromatic carbocycles. The number of carbonyl (C=O) groups excluding carboxylic acids is 2. The van der Waals surface area contributed by atoms with Crippen molar-refractivity contribution in [3.63, 3.8) is 0 Å². The second-order valence-corrected chi connectivity index (χ2v) is 5.66. The number of rotatable bonds is 5. The van der Waals surface area contributed by atoms with Gasteiger partial charge in [0.25, 0.3) is 0 Å². The van der Waals surface area contributed by atoms with Crippen LogP contribution in [0.25, 0.3) is 0 Å². The molecule has 0 saturated carbocycles. The molecule has 2 amide bonds. The van der Waals surface area contributed by atoms with Crippen LogP contribution in [0.3, 0.4) is 0 Å². The number of piperidine rings is 1. The lowest BCUT2D eigenvalue weighted by atomic mass is 9.99. The van der Waals surface area contributed by atoms with Crippen LogP contribution in [0.5, 0.6) is 0 Å². The van der Waals surface area contributed by atoms with Crippen LogP contribution in [0.4, 0.5) is 4.79 Å². The van der Waals surface area contributed by atoms with Gasteiger partial charge in [-0.2, -0.15) is 0 Å². The Balaban J connectivity index is 1.91. The van der Waals surface area contributed by atoms with Crippen molar-refractivity contribution in [2.45, 2.75) is 38.3 Å². The fourth-order valence-corrected chi connectivity index (χ4v) is 2.69. The summed E-state index contributed by atoms with van der Waals surface area (Å²) in [5.74, 6) is -0.139. The standard InChI is InChI=1S/C17H24N2O4/c1-18(22-2)16(20)12-15-10-6-7-11-19(15)17(21)23-13-14-8-4-3-5-9-14/h3-5,8-9,15H,6-7,10-13H2,1-2H3/t15-/m1/s1. The van der Waals surface area contributed by atoms with Crippen molar-refractivity contribution < 1.29 is 19.2 Å². The molecule has 1 atom stereocenters. The van der Waals surface area contributed by atoms with Crippen LogP contribution in [0.15, 0.2) is 30.3 Å². The van der Waals surface area contributed by atoms with Gasteiger partial charge in [0.15, 0.2) is 0 Å². The Morgan fingerprint density at radius 2 is 2.00 bits per heavy atom. The molecule has 23 heavy (non-hydrogen) atoms. The van der Waals surface area contributed by atoms with E-state index in [1.165, 1.54) is 12.2 Å². The van der Waals surface area contributed by atoms with Gasteiger partial charge in [0.1, 0.15) is 6.61 Å². The first-order valence-corrected chi connectivity index (χ1v) is 7.90. The number of likely N-dealkylation sites (tertiary alicyclic amines) is 1. The molecular formula is C17H24N2O4. The first-order valence-electron chi connectivity index (χ1n) is 7.90. The molecule has 126 valence electrons. The Labute approximate surface area is 136 Å². The van der Waals surface area contributed by atoms with Crippen molar-refractivity contribution in [3.8, 4) is 0 Å². The van der Waals surface area contributed by atoms with Crippen molar-refractivity contribution in [3.05, 3.63) is 35.9 Å². The zero-order valence-corrected chi connectivity index (χ0v) is 13.7. The number of nitrogens with zero attached hydrogens (tertiary/aromatic N) is 2. The molecule has 1 aliphatic heterocycles. The minimum absolute atomic E-state index is 0.128. The van der Waals surface area contributed by atoms with E-state index in [0.717, 1.165) is 24.8 Å². The number of hydrogen-bond acceptors (Lipinski definition) is 4. The van der Waals surface area contributed by atoms with E-state index in [2.05, 4.69) is 0 Å². The molecular weight excluding hydrogens is 296 g/mol. The number of benzene rings is 1. The Hall–Kier alpha value is -2.08. The van der Waals surface area contributed by atoms with E-state index in [9.17, 15) is 9.59 Å². The maximum absolute atomic E-state index is 12.4. The molecule has 0 radical (unpaired) electrons. The molecule has 1 fully saturated rings. The van der Waals surface area contributed by atoms with Gasteiger partial charge in [-0.1, -0.05) is 30.3 Å². The first-order chi connectivity index (χ1) is 11.1. The normalized spacial score (nSPS) is 17.7. The van der Waals surface area contributed by atoms with Crippen molar-refractivity contribution in [1.82, 2.24) is 9.96 Å². The van der Waals surface area contributed by atoms with Gasteiger partial charge in [-0.05, 0) is 24.8 Å². The number of ether oxygens (including phenoxy) is 1. The summed E-state index contributed by atoms with van der Waals surface area (Å²) >= 11 is 0. The highest BCUT2D eigenvalue weighted by Gasteiger charge is 2.30. The van der Waals surface area contributed by atoms with Gasteiger partial charge in [-0.3, -0.25) is 9.63 Å². The van der Waals surface area contributed by atoms with Gasteiger partial charge < -0.3 is 9.64 Å². The Morgan fingerprint density at radius 3 is 2.70 bits per heavy atom. The highest BCUT2D eigenvalue weighted by Crippen LogP contribution is 2.21. The maximum atomic E-state index is 12.4. The van der Waals surface area contributed by atoms with Gasteiger partial charge in [-0.25, -0.2) is 9.86 Å². The predicted octanol–water partition coefficient (Wildman–Crippen LogP) is 2.59. The van der Waals surface area contributed by atoms with E-state index in [4.69, 9.17) is 9.57 Å². The third kappa shape index (κ3) is 4.96. The van der Waals surface area contributed by atoms with Crippen molar-refractivity contribution in [1.29, 1.82) is 0 Å². The Morgan fingerprint density at radius 1 is 1.26 bits per heavy atom. The summed E-state index contributed by atoms with van der Waals surface area (Å²) in [6, 6.07) is 9.44. The predicted molar refractivity (Wildman–Crippen MR) is 85.4 cm³/mol. The summed E-state index contributed by atoms with van der Waals surface area (Å²) in [5.41, 5.74) is 0.949. The van der Waals surface area contributed by atoms with E-state index in [1.54, 1.807) is 11.9 Å². The second kappa shape index (κ2) is 8.53. The third-order valence-corrected chi connectivity index (χ3v) is 4.10. The van der Waals surface area contributed by atoms with Crippen molar-refractivity contribution in [2.75, 3.05) is 20.7 Å². The van der Waals surface area contributed by atoms with E-state index in [1.807, 2.05) is 30.3 Å². The minimum atomic E-state index is -0.355. The molecule has 1 aromatic rings. The van der Waals surface area contributed by atoms with Crippen LogP contribution < -0.4 is 0 Å². The lowest BCUT2D eigenvalue weighted by molar-refractivity contribution is -0.170. The maximum Gasteiger partial charge on any atom is 0.410 e. The van der Waals surface area contributed by atoms with Crippen LogP contribution in [-0.2, 0) is 21.0 Å². The average molecular weight is 320 g/mol. The van der Waals surface area contributed by atoms with Gasteiger partial charge in [0.05, 0.1) is 7.11 Å². The minimum Gasteiger partial charge on any atom is -0.445 e. The molecule has 0 bridgehead atoms. The van der Waals surface area contributed by atoms with Crippen LogP contribution in [0.1, 0.15) is 31.2 Å². The molecule has 0 N–H and O–H groups in total. The highest BCUT2D eigenvalue weighted by atomic mass is 16.7. The zero-order chi connectivity index (χ0) is 16.7. The van der Waals surface area contributed by atoms with Crippen LogP contribution in [0.2, 0.25) is 0 Å². The molecule has 0 spiro atoms. The highest BCUT2D eigenvalue weighted by molar-refractivity contribution is 5.76. The average Bonchev–Trinajstić information content (AvgIpc) is 2.60. The van der Waals surface area contributed by atoms with E-state index < -0.39 is 0 Å². The van der Waals surface area contributed by atoms with Crippen LogP contribution in [0, 0.1) is 0 Å². The molecule has 1 aliphatic rings. The monoisotopic (exact) mass is 320 g/mol. The van der Waals surface area contributed by atoms with Crippen molar-refractivity contribution in [2.24, 2.45) is 0 Å². The molecule has 0 aromatic heterocycles. The summed E-state index contributed by atoms with van der Waals surface area (Å²) in [6.45, 7) is 0.872. The summed E-state index contributed by atoms with van der Waals surface area (Å²) in [4.78, 5) is 30.9. The number of carbonyl (C=O) groups is 2. The summed E-state index contributed by atoms with van der Waals surface area (Å²) in [5, 5.41) is 1.20. The smallest absolute Gasteiger partial charge is 0.410 e. The molecule has 6 heteroatoms. The number of hydrogen-bond donors (Lipinski definition) is 0. The first kappa shape index (κ1) is 17.3. The second-order valence-electron chi connectivity index (χ2n) is 5.66. The SMILES string of the molecule is CON(C)C(=O)C[C@H]1CCCCN1C(=O)OCc1ccccc1. The molecule has 0 unspecified atom stereocenters. The van der Waals surface area contributed by atoms with E-state index >= 15 is 0 Å². The molecule has 2 rings (SSSR count). The summed E-state index contributed by atoms with van der Waals surface area (Å²) < 4.78 is 5.40. The topological polar surface area (TPSA) is 59.1 Å². The number of hydroxylamine groups is 2. The van der Waals surface area contributed by atoms with Gasteiger partial charge in [0.2, 0.25) is 5.91 Å². The zero-order valence-electron chi connectivity index (χ0n) is 13.7. The molecule has 6 nitrogen and oxygen atoms in total. The van der Waals surface area contributed by atoms with E-state index in [0.29, 0.717) is 6.54 Å². The fraction of sp³-hybridized carbons (Fsp3) is 0.529.